The Morgan fingerprint density at radius 2 is 1.04 bits per heavy atom. The first-order chi connectivity index (χ1) is 23.8. The molecule has 0 bridgehead atoms. The Balaban J connectivity index is 1.26. The van der Waals surface area contributed by atoms with Gasteiger partial charge in [0.2, 0.25) is 0 Å². The molecule has 0 fully saturated rings. The van der Waals surface area contributed by atoms with E-state index in [-0.39, 0.29) is 0 Å². The first-order valence-electron chi connectivity index (χ1n) is 16.2. The van der Waals surface area contributed by atoms with Crippen molar-refractivity contribution in [3.8, 4) is 28.6 Å². The van der Waals surface area contributed by atoms with Crippen molar-refractivity contribution in [3.05, 3.63) is 169 Å². The van der Waals surface area contributed by atoms with Crippen molar-refractivity contribution >= 4 is 65.2 Å². The highest BCUT2D eigenvalue weighted by Gasteiger charge is 2.22. The molecule has 0 aliphatic rings. The van der Waals surface area contributed by atoms with Crippen molar-refractivity contribution in [3.63, 3.8) is 0 Å². The molecular formula is C45H27N3. The second-order valence-corrected chi connectivity index (χ2v) is 12.5. The van der Waals surface area contributed by atoms with E-state index < -0.39 is 0 Å². The molecule has 0 atom stereocenters. The van der Waals surface area contributed by atoms with E-state index in [0.29, 0.717) is 5.56 Å². The molecule has 2 heterocycles. The molecule has 222 valence electrons. The van der Waals surface area contributed by atoms with Gasteiger partial charge >= 0.3 is 0 Å². The van der Waals surface area contributed by atoms with E-state index in [2.05, 4.69) is 167 Å². The van der Waals surface area contributed by atoms with Crippen LogP contribution in [-0.2, 0) is 0 Å². The van der Waals surface area contributed by atoms with Crippen LogP contribution in [0.3, 0.4) is 0 Å². The molecule has 0 spiro atoms. The van der Waals surface area contributed by atoms with Crippen LogP contribution < -0.4 is 0 Å². The van der Waals surface area contributed by atoms with Gasteiger partial charge in [-0.3, -0.25) is 9.13 Å². The number of rotatable bonds is 3. The number of hydrogen-bond acceptors (Lipinski definition) is 1. The molecule has 3 heteroatoms. The lowest BCUT2D eigenvalue weighted by molar-refractivity contribution is 1.07. The number of hydrogen-bond donors (Lipinski definition) is 0. The molecule has 0 N–H and O–H groups in total. The SMILES string of the molecule is N#Cc1ccc(-c2cc3cc4ccc(-n5c6ccccc6c6c7ccccc7n(-c7ccccc7)c65)cc4cc3c3ccccc23)cc1. The van der Waals surface area contributed by atoms with Gasteiger partial charge in [0.1, 0.15) is 5.65 Å². The van der Waals surface area contributed by atoms with Crippen molar-refractivity contribution in [2.24, 2.45) is 0 Å². The molecule has 0 amide bonds. The Morgan fingerprint density at radius 3 is 1.75 bits per heavy atom. The maximum atomic E-state index is 9.34. The normalized spacial score (nSPS) is 11.7. The standard InChI is InChI=1S/C45H27N3/c46-28-29-18-20-30(21-19-29)40-27-33-24-31-22-23-35(25-32(31)26-41(33)37-13-5-4-12-36(37)40)48-43-17-9-7-15-39(43)44-38-14-6-8-16-42(38)47(45(44)48)34-10-2-1-3-11-34/h1-27H. The molecule has 8 aromatic carbocycles. The summed E-state index contributed by atoms with van der Waals surface area (Å²) in [5.41, 5.74) is 8.79. The highest BCUT2D eigenvalue weighted by atomic mass is 15.1. The summed E-state index contributed by atoms with van der Waals surface area (Å²) in [6, 6.07) is 60.8. The number of nitrogens with zero attached hydrogens (tertiary/aromatic N) is 3. The quantitative estimate of drug-likeness (QED) is 0.145. The fourth-order valence-electron chi connectivity index (χ4n) is 7.74. The molecular weight excluding hydrogens is 583 g/mol. The maximum absolute atomic E-state index is 9.34. The number of nitriles is 1. The molecule has 48 heavy (non-hydrogen) atoms. The van der Waals surface area contributed by atoms with Crippen LogP contribution >= 0.6 is 0 Å². The van der Waals surface area contributed by atoms with Crippen molar-refractivity contribution in [1.82, 2.24) is 9.13 Å². The minimum atomic E-state index is 0.669. The minimum Gasteiger partial charge on any atom is -0.295 e. The molecule has 2 aromatic heterocycles. The van der Waals surface area contributed by atoms with Crippen LogP contribution in [0.5, 0.6) is 0 Å². The monoisotopic (exact) mass is 609 g/mol. The molecule has 0 unspecified atom stereocenters. The fraction of sp³-hybridized carbons (Fsp3) is 0. The maximum Gasteiger partial charge on any atom is 0.131 e. The smallest absolute Gasteiger partial charge is 0.131 e. The van der Waals surface area contributed by atoms with Gasteiger partial charge in [0, 0.05) is 27.5 Å². The first-order valence-corrected chi connectivity index (χ1v) is 16.2. The van der Waals surface area contributed by atoms with Gasteiger partial charge in [-0.1, -0.05) is 97.1 Å². The Bertz CT molecular complexity index is 2940. The van der Waals surface area contributed by atoms with Crippen molar-refractivity contribution in [2.45, 2.75) is 0 Å². The first kappa shape index (κ1) is 26.6. The average Bonchev–Trinajstić information content (AvgIpc) is 3.66. The molecule has 3 nitrogen and oxygen atoms in total. The Hall–Kier alpha value is -6.63. The largest absolute Gasteiger partial charge is 0.295 e. The van der Waals surface area contributed by atoms with E-state index >= 15 is 0 Å². The third kappa shape index (κ3) is 3.81. The zero-order valence-electron chi connectivity index (χ0n) is 25.9. The number of benzene rings is 8. The summed E-state index contributed by atoms with van der Waals surface area (Å²) in [4.78, 5) is 0. The van der Waals surface area contributed by atoms with Crippen LogP contribution in [0.1, 0.15) is 5.56 Å². The molecule has 0 aliphatic carbocycles. The van der Waals surface area contributed by atoms with Crippen LogP contribution in [0.25, 0.3) is 87.7 Å². The van der Waals surface area contributed by atoms with Gasteiger partial charge in [0.05, 0.1) is 22.7 Å². The summed E-state index contributed by atoms with van der Waals surface area (Å²) < 4.78 is 4.85. The molecule has 0 saturated heterocycles. The zero-order chi connectivity index (χ0) is 31.8. The topological polar surface area (TPSA) is 33.6 Å². The van der Waals surface area contributed by atoms with Crippen LogP contribution in [0.15, 0.2) is 164 Å². The zero-order valence-corrected chi connectivity index (χ0v) is 25.9. The minimum absolute atomic E-state index is 0.669. The molecule has 10 aromatic rings. The summed E-state index contributed by atoms with van der Waals surface area (Å²) in [6.07, 6.45) is 0. The molecule has 0 radical (unpaired) electrons. The van der Waals surface area contributed by atoms with Gasteiger partial charge < -0.3 is 0 Å². The van der Waals surface area contributed by atoms with E-state index in [4.69, 9.17) is 0 Å². The number of aromatic nitrogens is 2. The third-order valence-electron chi connectivity index (χ3n) is 9.87. The van der Waals surface area contributed by atoms with E-state index in [1.54, 1.807) is 0 Å². The van der Waals surface area contributed by atoms with E-state index in [0.717, 1.165) is 16.9 Å². The highest BCUT2D eigenvalue weighted by molar-refractivity contribution is 6.23. The van der Waals surface area contributed by atoms with Crippen LogP contribution in [0, 0.1) is 11.3 Å². The van der Waals surface area contributed by atoms with Crippen LogP contribution in [-0.4, -0.2) is 9.13 Å². The second kappa shape index (κ2) is 10.2. The molecule has 0 saturated carbocycles. The predicted molar refractivity (Wildman–Crippen MR) is 200 cm³/mol. The summed E-state index contributed by atoms with van der Waals surface area (Å²) in [5.74, 6) is 0. The Kier molecular flexibility index (Phi) is 5.64. The van der Waals surface area contributed by atoms with Crippen molar-refractivity contribution < 1.29 is 0 Å². The van der Waals surface area contributed by atoms with E-state index in [1.807, 2.05) is 12.1 Å². The van der Waals surface area contributed by atoms with Gasteiger partial charge in [-0.05, 0) is 110 Å². The van der Waals surface area contributed by atoms with Crippen LogP contribution in [0.4, 0.5) is 0 Å². The van der Waals surface area contributed by atoms with E-state index in [1.165, 1.54) is 70.7 Å². The lowest BCUT2D eigenvalue weighted by Gasteiger charge is -2.15. The summed E-state index contributed by atoms with van der Waals surface area (Å²) >= 11 is 0. The van der Waals surface area contributed by atoms with Crippen LogP contribution in [0.2, 0.25) is 0 Å². The second-order valence-electron chi connectivity index (χ2n) is 12.5. The number of para-hydroxylation sites is 3. The lowest BCUT2D eigenvalue weighted by Crippen LogP contribution is -2.01. The number of fused-ring (bicyclic) bond motifs is 9. The van der Waals surface area contributed by atoms with Gasteiger partial charge in [-0.25, -0.2) is 0 Å². The summed E-state index contributed by atoms with van der Waals surface area (Å²) in [7, 11) is 0. The predicted octanol–water partition coefficient (Wildman–Crippen LogP) is 11.7. The third-order valence-corrected chi connectivity index (χ3v) is 9.87. The Morgan fingerprint density at radius 1 is 0.417 bits per heavy atom. The van der Waals surface area contributed by atoms with Gasteiger partial charge in [0.25, 0.3) is 0 Å². The van der Waals surface area contributed by atoms with Crippen molar-refractivity contribution in [2.75, 3.05) is 0 Å². The van der Waals surface area contributed by atoms with Crippen molar-refractivity contribution in [1.29, 1.82) is 5.26 Å². The van der Waals surface area contributed by atoms with E-state index in [9.17, 15) is 5.26 Å². The highest BCUT2D eigenvalue weighted by Crippen LogP contribution is 2.42. The average molecular weight is 610 g/mol. The molecule has 0 aliphatic heterocycles. The Labute approximate surface area is 276 Å². The molecule has 10 rings (SSSR count). The summed E-state index contributed by atoms with van der Waals surface area (Å²) in [6.45, 7) is 0. The van der Waals surface area contributed by atoms with Gasteiger partial charge in [0.15, 0.2) is 0 Å². The fourth-order valence-corrected chi connectivity index (χ4v) is 7.74. The van der Waals surface area contributed by atoms with Gasteiger partial charge in [-0.2, -0.15) is 5.26 Å². The van der Waals surface area contributed by atoms with Gasteiger partial charge in [-0.15, -0.1) is 0 Å². The summed E-state index contributed by atoms with van der Waals surface area (Å²) in [5, 5.41) is 20.4. The lowest BCUT2D eigenvalue weighted by atomic mass is 9.91.